The molecule has 0 atom stereocenters. The first-order valence-electron chi connectivity index (χ1n) is 11.6. The smallest absolute Gasteiger partial charge is 0.356 e. The third-order valence-corrected chi connectivity index (χ3v) is 5.81. The maximum absolute atomic E-state index is 13.0. The number of nitrogens with zero attached hydrogens (tertiary/aromatic N) is 2. The van der Waals surface area contributed by atoms with E-state index in [1.807, 2.05) is 35.0 Å². The fourth-order valence-electron chi connectivity index (χ4n) is 4.17. The Kier molecular flexibility index (Phi) is 7.36. The van der Waals surface area contributed by atoms with Crippen LogP contribution in [-0.4, -0.2) is 53.8 Å². The van der Waals surface area contributed by atoms with Gasteiger partial charge in [-0.25, -0.2) is 9.78 Å². The largest absolute Gasteiger partial charge is 0.464 e. The molecule has 0 aliphatic heterocycles. The third kappa shape index (κ3) is 5.14. The van der Waals surface area contributed by atoms with E-state index in [1.54, 1.807) is 6.20 Å². The van der Waals surface area contributed by atoms with E-state index < -0.39 is 5.97 Å². The van der Waals surface area contributed by atoms with Gasteiger partial charge in [-0.15, -0.1) is 0 Å². The normalized spacial score (nSPS) is 11.3. The summed E-state index contributed by atoms with van der Waals surface area (Å²) >= 11 is 0. The SMILES string of the molecule is COCC(=O)Nc1c(C(=O)OC)n(CCc2c[nH]c3ccccc23)c2ncc(NCC(C)C)cc12. The number of aromatic nitrogens is 3. The summed E-state index contributed by atoms with van der Waals surface area (Å²) < 4.78 is 11.9. The first-order valence-corrected chi connectivity index (χ1v) is 11.6. The molecule has 184 valence electrons. The van der Waals surface area contributed by atoms with Crippen molar-refractivity contribution in [2.45, 2.75) is 26.8 Å². The Balaban J connectivity index is 1.80. The van der Waals surface area contributed by atoms with Gasteiger partial charge in [-0.05, 0) is 30.0 Å². The lowest BCUT2D eigenvalue weighted by atomic mass is 10.1. The lowest BCUT2D eigenvalue weighted by molar-refractivity contribution is -0.119. The zero-order valence-electron chi connectivity index (χ0n) is 20.5. The van der Waals surface area contributed by atoms with Crippen LogP contribution in [0.15, 0.2) is 42.7 Å². The number of fused-ring (bicyclic) bond motifs is 2. The molecule has 0 spiro atoms. The highest BCUT2D eigenvalue weighted by molar-refractivity contribution is 6.11. The quantitative estimate of drug-likeness (QED) is 0.295. The van der Waals surface area contributed by atoms with Crippen LogP contribution in [0, 0.1) is 5.92 Å². The highest BCUT2D eigenvalue weighted by Crippen LogP contribution is 2.33. The number of aryl methyl sites for hydroxylation is 2. The van der Waals surface area contributed by atoms with Gasteiger partial charge in [-0.2, -0.15) is 0 Å². The number of anilines is 2. The molecule has 4 rings (SSSR count). The summed E-state index contributed by atoms with van der Waals surface area (Å²) in [6, 6.07) is 9.99. The summed E-state index contributed by atoms with van der Waals surface area (Å²) in [5.41, 5.74) is 4.19. The van der Waals surface area contributed by atoms with E-state index in [0.717, 1.165) is 28.7 Å². The minimum atomic E-state index is -0.550. The summed E-state index contributed by atoms with van der Waals surface area (Å²) in [7, 11) is 2.77. The molecule has 1 aromatic carbocycles. The number of amides is 1. The molecule has 0 bridgehead atoms. The number of carbonyl (C=O) groups excluding carboxylic acids is 2. The Bertz CT molecular complexity index is 1350. The highest BCUT2D eigenvalue weighted by atomic mass is 16.5. The van der Waals surface area contributed by atoms with E-state index in [0.29, 0.717) is 35.6 Å². The van der Waals surface area contributed by atoms with E-state index in [1.165, 1.54) is 14.2 Å². The van der Waals surface area contributed by atoms with Crippen molar-refractivity contribution in [3.63, 3.8) is 0 Å². The number of hydrogen-bond donors (Lipinski definition) is 3. The Hall–Kier alpha value is -3.85. The summed E-state index contributed by atoms with van der Waals surface area (Å²) in [4.78, 5) is 33.4. The van der Waals surface area contributed by atoms with Crippen LogP contribution in [0.3, 0.4) is 0 Å². The molecule has 0 radical (unpaired) electrons. The van der Waals surface area contributed by atoms with Crippen LogP contribution in [0.25, 0.3) is 21.9 Å². The number of nitrogens with one attached hydrogen (secondary N) is 3. The van der Waals surface area contributed by atoms with E-state index >= 15 is 0 Å². The lowest BCUT2D eigenvalue weighted by Crippen LogP contribution is -2.20. The number of aromatic amines is 1. The Morgan fingerprint density at radius 2 is 1.97 bits per heavy atom. The number of para-hydroxylation sites is 1. The average Bonchev–Trinajstić information content (AvgIpc) is 3.39. The number of H-pyrrole nitrogens is 1. The molecule has 1 amide bonds. The summed E-state index contributed by atoms with van der Waals surface area (Å²) in [6.45, 7) is 5.33. The molecule has 0 aliphatic rings. The Morgan fingerprint density at radius 1 is 1.17 bits per heavy atom. The molecule has 35 heavy (non-hydrogen) atoms. The predicted octanol–water partition coefficient (Wildman–Crippen LogP) is 4.20. The number of ether oxygens (including phenoxy) is 2. The van der Waals surface area contributed by atoms with E-state index in [4.69, 9.17) is 9.47 Å². The molecule has 0 unspecified atom stereocenters. The third-order valence-electron chi connectivity index (χ3n) is 5.81. The molecule has 4 aromatic rings. The Morgan fingerprint density at radius 3 is 2.71 bits per heavy atom. The first-order chi connectivity index (χ1) is 16.9. The van der Waals surface area contributed by atoms with Crippen LogP contribution in [0.1, 0.15) is 29.9 Å². The summed E-state index contributed by atoms with van der Waals surface area (Å²) in [5.74, 6) is -0.474. The maximum atomic E-state index is 13.0. The van der Waals surface area contributed by atoms with Crippen molar-refractivity contribution in [3.05, 3.63) is 54.0 Å². The van der Waals surface area contributed by atoms with Crippen LogP contribution < -0.4 is 10.6 Å². The zero-order valence-corrected chi connectivity index (χ0v) is 20.5. The molecule has 0 saturated heterocycles. The van der Waals surface area contributed by atoms with Gasteiger partial charge in [0.25, 0.3) is 0 Å². The molecule has 0 saturated carbocycles. The van der Waals surface area contributed by atoms with Gasteiger partial charge < -0.3 is 29.7 Å². The van der Waals surface area contributed by atoms with E-state index in [-0.39, 0.29) is 18.2 Å². The van der Waals surface area contributed by atoms with Crippen molar-refractivity contribution < 1.29 is 19.1 Å². The van der Waals surface area contributed by atoms with Gasteiger partial charge in [0.1, 0.15) is 12.3 Å². The van der Waals surface area contributed by atoms with Crippen LogP contribution in [-0.2, 0) is 27.2 Å². The minimum absolute atomic E-state index is 0.138. The van der Waals surface area contributed by atoms with Crippen molar-refractivity contribution in [2.24, 2.45) is 5.92 Å². The average molecular weight is 478 g/mol. The van der Waals surface area contributed by atoms with Gasteiger partial charge in [0.15, 0.2) is 5.69 Å². The standard InChI is InChI=1S/C26H31N5O4/c1-16(2)12-27-18-11-20-23(30-22(32)15-34-3)24(26(33)35-4)31(25(20)29-14-18)10-9-17-13-28-21-8-6-5-7-19(17)21/h5-8,11,13-14,16,27-28H,9-10,12,15H2,1-4H3,(H,30,32). The molecule has 9 heteroatoms. The number of methoxy groups -OCH3 is 2. The van der Waals surface area contributed by atoms with E-state index in [2.05, 4.69) is 40.5 Å². The lowest BCUT2D eigenvalue weighted by Gasteiger charge is -2.11. The number of rotatable bonds is 10. The second kappa shape index (κ2) is 10.6. The van der Waals surface area contributed by atoms with Crippen LogP contribution >= 0.6 is 0 Å². The molecule has 0 aliphatic carbocycles. The van der Waals surface area contributed by atoms with Crippen molar-refractivity contribution in [2.75, 3.05) is 38.0 Å². The van der Waals surface area contributed by atoms with Gasteiger partial charge in [-0.3, -0.25) is 4.79 Å². The molecular weight excluding hydrogens is 446 g/mol. The maximum Gasteiger partial charge on any atom is 0.356 e. The Labute approximate surface area is 203 Å². The molecule has 9 nitrogen and oxygen atoms in total. The fraction of sp³-hybridized carbons (Fsp3) is 0.346. The van der Waals surface area contributed by atoms with Crippen molar-refractivity contribution in [3.8, 4) is 0 Å². The van der Waals surface area contributed by atoms with Crippen LogP contribution in [0.5, 0.6) is 0 Å². The molecular formula is C26H31N5O4. The summed E-state index contributed by atoms with van der Waals surface area (Å²) in [5, 5.41) is 7.99. The van der Waals surface area contributed by atoms with Gasteiger partial charge in [0.05, 0.1) is 24.7 Å². The van der Waals surface area contributed by atoms with Gasteiger partial charge >= 0.3 is 5.97 Å². The highest BCUT2D eigenvalue weighted by Gasteiger charge is 2.26. The van der Waals surface area contributed by atoms with Gasteiger partial charge in [-0.1, -0.05) is 32.0 Å². The topological polar surface area (TPSA) is 110 Å². The van der Waals surface area contributed by atoms with Crippen LogP contribution in [0.4, 0.5) is 11.4 Å². The molecule has 0 fully saturated rings. The molecule has 3 heterocycles. The minimum Gasteiger partial charge on any atom is -0.464 e. The van der Waals surface area contributed by atoms with Crippen molar-refractivity contribution in [1.82, 2.24) is 14.5 Å². The van der Waals surface area contributed by atoms with Gasteiger partial charge in [0, 0.05) is 42.7 Å². The number of pyridine rings is 1. The van der Waals surface area contributed by atoms with Crippen LogP contribution in [0.2, 0.25) is 0 Å². The van der Waals surface area contributed by atoms with E-state index in [9.17, 15) is 9.59 Å². The van der Waals surface area contributed by atoms with Crippen molar-refractivity contribution in [1.29, 1.82) is 0 Å². The number of benzene rings is 1. The molecule has 3 aromatic heterocycles. The monoisotopic (exact) mass is 477 g/mol. The number of hydrogen-bond acceptors (Lipinski definition) is 6. The number of carbonyl (C=O) groups is 2. The predicted molar refractivity (Wildman–Crippen MR) is 137 cm³/mol. The second-order valence-corrected chi connectivity index (χ2v) is 8.83. The number of esters is 1. The second-order valence-electron chi connectivity index (χ2n) is 8.83. The van der Waals surface area contributed by atoms with Crippen molar-refractivity contribution >= 4 is 45.2 Å². The molecule has 3 N–H and O–H groups in total. The first kappa shape index (κ1) is 24.3. The fourth-order valence-corrected chi connectivity index (χ4v) is 4.17. The summed E-state index contributed by atoms with van der Waals surface area (Å²) in [6.07, 6.45) is 4.38. The van der Waals surface area contributed by atoms with Gasteiger partial charge in [0.2, 0.25) is 5.91 Å². The zero-order chi connectivity index (χ0) is 24.9.